The van der Waals surface area contributed by atoms with Crippen molar-refractivity contribution in [3.05, 3.63) is 22.4 Å². The number of aliphatic hydroxyl groups is 1. The van der Waals surface area contributed by atoms with Crippen molar-refractivity contribution in [1.82, 2.24) is 5.32 Å². The van der Waals surface area contributed by atoms with Crippen LogP contribution in [0, 0.1) is 5.92 Å². The van der Waals surface area contributed by atoms with E-state index in [0.29, 0.717) is 18.5 Å². The molecule has 2 atom stereocenters. The molecule has 1 rings (SSSR count). The largest absolute Gasteiger partial charge is 0.392 e. The van der Waals surface area contributed by atoms with E-state index in [1.807, 2.05) is 0 Å². The Hall–Kier alpha value is -0.380. The predicted octanol–water partition coefficient (Wildman–Crippen LogP) is 3.20. The summed E-state index contributed by atoms with van der Waals surface area (Å²) in [5, 5.41) is 17.6. The van der Waals surface area contributed by atoms with Crippen molar-refractivity contribution < 1.29 is 5.11 Å². The van der Waals surface area contributed by atoms with Gasteiger partial charge in [0.1, 0.15) is 0 Å². The summed E-state index contributed by atoms with van der Waals surface area (Å²) in [4.78, 5) is 0. The van der Waals surface area contributed by atoms with E-state index in [-0.39, 0.29) is 6.10 Å². The van der Waals surface area contributed by atoms with E-state index in [4.69, 9.17) is 0 Å². The molecule has 1 aromatic heterocycles. The smallest absolute Gasteiger partial charge is 0.0692 e. The molecule has 0 fully saturated rings. The topological polar surface area (TPSA) is 32.3 Å². The lowest BCUT2D eigenvalue weighted by Crippen LogP contribution is -2.33. The highest BCUT2D eigenvalue weighted by atomic mass is 32.1. The van der Waals surface area contributed by atoms with Crippen molar-refractivity contribution in [2.75, 3.05) is 6.54 Å². The summed E-state index contributed by atoms with van der Waals surface area (Å²) in [6, 6.07) is 2.46. The van der Waals surface area contributed by atoms with Crippen molar-refractivity contribution in [1.29, 1.82) is 0 Å². The summed E-state index contributed by atoms with van der Waals surface area (Å²) in [6.45, 7) is 7.10. The lowest BCUT2D eigenvalue weighted by Gasteiger charge is -2.22. The van der Waals surface area contributed by atoms with Gasteiger partial charge in [-0.15, -0.1) is 0 Å². The fourth-order valence-corrected chi connectivity index (χ4v) is 2.69. The number of thiophene rings is 1. The minimum atomic E-state index is -0.226. The van der Waals surface area contributed by atoms with Crippen molar-refractivity contribution in [3.63, 3.8) is 0 Å². The lowest BCUT2D eigenvalue weighted by molar-refractivity contribution is 0.0989. The lowest BCUT2D eigenvalue weighted by atomic mass is 9.96. The maximum atomic E-state index is 10.00. The quantitative estimate of drug-likeness (QED) is 0.768. The molecule has 0 amide bonds. The first-order chi connectivity index (χ1) is 7.69. The molecule has 0 saturated carbocycles. The maximum absolute atomic E-state index is 10.00. The van der Waals surface area contributed by atoms with E-state index in [0.717, 1.165) is 12.8 Å². The Morgan fingerprint density at radius 2 is 2.06 bits per heavy atom. The highest BCUT2D eigenvalue weighted by molar-refractivity contribution is 7.07. The Morgan fingerprint density at radius 3 is 2.56 bits per heavy atom. The van der Waals surface area contributed by atoms with Gasteiger partial charge in [-0.05, 0) is 35.2 Å². The van der Waals surface area contributed by atoms with Gasteiger partial charge >= 0.3 is 0 Å². The van der Waals surface area contributed by atoms with Crippen LogP contribution in [0.5, 0.6) is 0 Å². The van der Waals surface area contributed by atoms with Gasteiger partial charge in [-0.2, -0.15) is 11.3 Å². The third-order valence-corrected chi connectivity index (χ3v) is 3.97. The molecule has 2 N–H and O–H groups in total. The van der Waals surface area contributed by atoms with Gasteiger partial charge in [0.25, 0.3) is 0 Å². The summed E-state index contributed by atoms with van der Waals surface area (Å²) in [6.07, 6.45) is 1.87. The standard InChI is InChI=1S/C13H23NOS/c1-4-11(5-2)13(15)8-14-10(3)12-6-7-16-9-12/h6-7,9-11,13-15H,4-5,8H2,1-3H3. The normalized spacial score (nSPS) is 15.3. The first-order valence-corrected chi connectivity index (χ1v) is 7.06. The van der Waals surface area contributed by atoms with Crippen molar-refractivity contribution >= 4 is 11.3 Å². The minimum Gasteiger partial charge on any atom is -0.392 e. The van der Waals surface area contributed by atoms with Crippen molar-refractivity contribution in [3.8, 4) is 0 Å². The van der Waals surface area contributed by atoms with Crippen LogP contribution in [0.3, 0.4) is 0 Å². The first kappa shape index (κ1) is 13.7. The summed E-state index contributed by atoms with van der Waals surface area (Å²) < 4.78 is 0. The number of hydrogen-bond donors (Lipinski definition) is 2. The van der Waals surface area contributed by atoms with Crippen LogP contribution in [-0.4, -0.2) is 17.8 Å². The highest BCUT2D eigenvalue weighted by Crippen LogP contribution is 2.17. The molecule has 16 heavy (non-hydrogen) atoms. The monoisotopic (exact) mass is 241 g/mol. The highest BCUT2D eigenvalue weighted by Gasteiger charge is 2.16. The van der Waals surface area contributed by atoms with Crippen molar-refractivity contribution in [2.45, 2.75) is 45.8 Å². The van der Waals surface area contributed by atoms with Crippen LogP contribution in [0.15, 0.2) is 16.8 Å². The van der Waals surface area contributed by atoms with E-state index in [2.05, 4.69) is 42.9 Å². The molecule has 2 unspecified atom stereocenters. The van der Waals surface area contributed by atoms with Gasteiger partial charge in [0.2, 0.25) is 0 Å². The van der Waals surface area contributed by atoms with Crippen LogP contribution < -0.4 is 5.32 Å². The zero-order chi connectivity index (χ0) is 12.0. The second kappa shape index (κ2) is 7.05. The summed E-state index contributed by atoms with van der Waals surface area (Å²) in [5.74, 6) is 0.419. The first-order valence-electron chi connectivity index (χ1n) is 6.12. The van der Waals surface area contributed by atoms with E-state index >= 15 is 0 Å². The SMILES string of the molecule is CCC(CC)C(O)CNC(C)c1ccsc1. The van der Waals surface area contributed by atoms with Gasteiger partial charge in [-0.1, -0.05) is 26.7 Å². The molecule has 3 heteroatoms. The van der Waals surface area contributed by atoms with Crippen molar-refractivity contribution in [2.24, 2.45) is 5.92 Å². The fourth-order valence-electron chi connectivity index (χ4n) is 1.94. The molecule has 0 aliphatic heterocycles. The molecular formula is C13H23NOS. The third-order valence-electron chi connectivity index (χ3n) is 3.27. The van der Waals surface area contributed by atoms with E-state index in [9.17, 15) is 5.11 Å². The number of rotatable bonds is 7. The third kappa shape index (κ3) is 3.89. The molecule has 1 heterocycles. The average molecular weight is 241 g/mol. The molecule has 0 spiro atoms. The number of hydrogen-bond acceptors (Lipinski definition) is 3. The van der Waals surface area contributed by atoms with Gasteiger partial charge in [0, 0.05) is 12.6 Å². The summed E-state index contributed by atoms with van der Waals surface area (Å²) in [5.41, 5.74) is 1.31. The van der Waals surface area contributed by atoms with Crippen LogP contribution in [0.2, 0.25) is 0 Å². The second-order valence-electron chi connectivity index (χ2n) is 4.33. The van der Waals surface area contributed by atoms with E-state index < -0.39 is 0 Å². The van der Waals surface area contributed by atoms with Crippen LogP contribution in [0.25, 0.3) is 0 Å². The van der Waals surface area contributed by atoms with Gasteiger partial charge < -0.3 is 10.4 Å². The van der Waals surface area contributed by atoms with Crippen LogP contribution in [0.1, 0.15) is 45.2 Å². The minimum absolute atomic E-state index is 0.226. The molecule has 0 aromatic carbocycles. The number of nitrogens with one attached hydrogen (secondary N) is 1. The Kier molecular flexibility index (Phi) is 6.03. The van der Waals surface area contributed by atoms with Crippen LogP contribution in [0.4, 0.5) is 0 Å². The van der Waals surface area contributed by atoms with E-state index in [1.54, 1.807) is 11.3 Å². The van der Waals surface area contributed by atoms with Gasteiger partial charge in [0.05, 0.1) is 6.10 Å². The van der Waals surface area contributed by atoms with Crippen LogP contribution in [-0.2, 0) is 0 Å². The molecule has 0 bridgehead atoms. The van der Waals surface area contributed by atoms with E-state index in [1.165, 1.54) is 5.56 Å². The number of aliphatic hydroxyl groups excluding tert-OH is 1. The zero-order valence-electron chi connectivity index (χ0n) is 10.4. The zero-order valence-corrected chi connectivity index (χ0v) is 11.3. The molecule has 92 valence electrons. The Labute approximate surface area is 103 Å². The molecule has 0 saturated heterocycles. The second-order valence-corrected chi connectivity index (χ2v) is 5.11. The molecule has 1 aromatic rings. The molecule has 0 aliphatic carbocycles. The summed E-state index contributed by atoms with van der Waals surface area (Å²) >= 11 is 1.71. The Bertz CT molecular complexity index is 269. The predicted molar refractivity (Wildman–Crippen MR) is 70.8 cm³/mol. The van der Waals surface area contributed by atoms with Gasteiger partial charge in [0.15, 0.2) is 0 Å². The van der Waals surface area contributed by atoms with Gasteiger partial charge in [-0.3, -0.25) is 0 Å². The summed E-state index contributed by atoms with van der Waals surface area (Å²) in [7, 11) is 0. The Balaban J connectivity index is 2.34. The molecule has 2 nitrogen and oxygen atoms in total. The maximum Gasteiger partial charge on any atom is 0.0692 e. The fraction of sp³-hybridized carbons (Fsp3) is 0.692. The van der Waals surface area contributed by atoms with Crippen LogP contribution >= 0.6 is 11.3 Å². The molecule has 0 radical (unpaired) electrons. The Morgan fingerprint density at radius 1 is 1.38 bits per heavy atom. The molecule has 0 aliphatic rings. The van der Waals surface area contributed by atoms with Gasteiger partial charge in [-0.25, -0.2) is 0 Å². The average Bonchev–Trinajstić information content (AvgIpc) is 2.81. The molecular weight excluding hydrogens is 218 g/mol.